The van der Waals surface area contributed by atoms with Crippen LogP contribution in [0.25, 0.3) is 0 Å². The molecule has 7 heteroatoms. The molecule has 0 radical (unpaired) electrons. The minimum Gasteiger partial charge on any atom is -0.487 e. The number of benzene rings is 2. The molecule has 0 bridgehead atoms. The number of halogens is 3. The Morgan fingerprint density at radius 3 is 2.48 bits per heavy atom. The lowest BCUT2D eigenvalue weighted by Crippen LogP contribution is -2.19. The molecule has 0 fully saturated rings. The molecule has 0 atom stereocenters. The van der Waals surface area contributed by atoms with E-state index in [1.807, 2.05) is 12.1 Å². The van der Waals surface area contributed by atoms with Crippen LogP contribution in [0.2, 0.25) is 0 Å². The number of hydrogen-bond acceptors (Lipinski definition) is 3. The molecule has 0 aromatic heterocycles. The van der Waals surface area contributed by atoms with Crippen molar-refractivity contribution in [3.8, 4) is 5.75 Å². The number of hydrazone groups is 1. The largest absolute Gasteiger partial charge is 0.487 e. The van der Waals surface area contributed by atoms with Gasteiger partial charge >= 0.3 is 0 Å². The average Bonchev–Trinajstić information content (AvgIpc) is 2.56. The molecule has 0 aliphatic carbocycles. The minimum atomic E-state index is -0.334. The van der Waals surface area contributed by atoms with Gasteiger partial charge in [0.25, 0.3) is 0 Å². The third-order valence-corrected chi connectivity index (χ3v) is 4.23. The summed E-state index contributed by atoms with van der Waals surface area (Å²) in [5.41, 5.74) is 3.93. The fraction of sp³-hybridized carbons (Fsp3) is 0.111. The average molecular weight is 470 g/mol. The molecule has 2 aromatic carbocycles. The molecule has 0 heterocycles. The van der Waals surface area contributed by atoms with Crippen LogP contribution >= 0.6 is 31.9 Å². The summed E-state index contributed by atoms with van der Waals surface area (Å²) >= 11 is 6.86. The fourth-order valence-corrected chi connectivity index (χ4v) is 3.39. The van der Waals surface area contributed by atoms with Gasteiger partial charge in [-0.2, -0.15) is 5.10 Å². The summed E-state index contributed by atoms with van der Waals surface area (Å²) in [6, 6.07) is 9.40. The summed E-state index contributed by atoms with van der Waals surface area (Å²) in [6.45, 7) is 4.00. The molecule has 0 saturated carbocycles. The molecule has 130 valence electrons. The highest BCUT2D eigenvalue weighted by Gasteiger charge is 2.08. The van der Waals surface area contributed by atoms with Crippen molar-refractivity contribution in [2.75, 3.05) is 6.61 Å². The quantitative estimate of drug-likeness (QED) is 0.365. The normalized spacial score (nSPS) is 10.7. The van der Waals surface area contributed by atoms with E-state index in [1.165, 1.54) is 18.3 Å². The molecule has 1 N–H and O–H groups in total. The number of amides is 1. The van der Waals surface area contributed by atoms with Gasteiger partial charge in [0.2, 0.25) is 5.91 Å². The lowest BCUT2D eigenvalue weighted by molar-refractivity contribution is -0.120. The van der Waals surface area contributed by atoms with Gasteiger partial charge in [0, 0.05) is 0 Å². The van der Waals surface area contributed by atoms with Crippen LogP contribution in [0.1, 0.15) is 11.1 Å². The van der Waals surface area contributed by atoms with Gasteiger partial charge < -0.3 is 4.74 Å². The minimum absolute atomic E-state index is 0.124. The predicted octanol–water partition coefficient (Wildman–Crippen LogP) is 4.61. The van der Waals surface area contributed by atoms with Crippen LogP contribution in [-0.4, -0.2) is 18.7 Å². The maximum absolute atomic E-state index is 12.8. The van der Waals surface area contributed by atoms with Crippen molar-refractivity contribution >= 4 is 44.0 Å². The monoisotopic (exact) mass is 468 g/mol. The number of nitrogens with one attached hydrogen (secondary N) is 1. The summed E-state index contributed by atoms with van der Waals surface area (Å²) in [4.78, 5) is 11.8. The molecule has 4 nitrogen and oxygen atoms in total. The van der Waals surface area contributed by atoms with E-state index < -0.39 is 0 Å². The van der Waals surface area contributed by atoms with Crippen LogP contribution in [0, 0.1) is 5.82 Å². The highest BCUT2D eigenvalue weighted by atomic mass is 79.9. The van der Waals surface area contributed by atoms with Crippen molar-refractivity contribution in [1.29, 1.82) is 0 Å². The zero-order valence-corrected chi connectivity index (χ0v) is 16.3. The van der Waals surface area contributed by atoms with Crippen LogP contribution in [0.15, 0.2) is 63.1 Å². The first-order valence-corrected chi connectivity index (χ1v) is 8.87. The van der Waals surface area contributed by atoms with Crippen molar-refractivity contribution in [2.45, 2.75) is 6.42 Å². The lowest BCUT2D eigenvalue weighted by Gasteiger charge is -2.09. The second kappa shape index (κ2) is 9.48. The summed E-state index contributed by atoms with van der Waals surface area (Å²) in [5, 5.41) is 3.93. The number of nitrogens with zero attached hydrogens (tertiary/aromatic N) is 1. The first-order valence-electron chi connectivity index (χ1n) is 7.28. The van der Waals surface area contributed by atoms with Crippen molar-refractivity contribution in [3.05, 3.63) is 74.9 Å². The molecule has 0 spiro atoms. The third kappa shape index (κ3) is 6.10. The van der Waals surface area contributed by atoms with Crippen molar-refractivity contribution in [3.63, 3.8) is 0 Å². The Morgan fingerprint density at radius 1 is 1.24 bits per heavy atom. The molecule has 25 heavy (non-hydrogen) atoms. The Balaban J connectivity index is 1.96. The number of rotatable bonds is 7. The van der Waals surface area contributed by atoms with Crippen LogP contribution in [0.3, 0.4) is 0 Å². The second-order valence-corrected chi connectivity index (χ2v) is 6.72. The van der Waals surface area contributed by atoms with E-state index in [1.54, 1.807) is 18.2 Å². The van der Waals surface area contributed by atoms with E-state index in [0.717, 1.165) is 14.5 Å². The standard InChI is InChI=1S/C18H15Br2FN2O2/c1-2-7-25-18-15(19)8-13(9-16(18)20)11-22-23-17(24)10-12-3-5-14(21)6-4-12/h2-6,8-9,11H,1,7,10H2,(H,23,24)/b22-11-. The van der Waals surface area contributed by atoms with Gasteiger partial charge in [0.15, 0.2) is 0 Å². The zero-order valence-electron chi connectivity index (χ0n) is 13.1. The van der Waals surface area contributed by atoms with E-state index in [2.05, 4.69) is 49.0 Å². The SMILES string of the molecule is C=CCOc1c(Br)cc(/C=N\NC(=O)Cc2ccc(F)cc2)cc1Br. The maximum atomic E-state index is 12.8. The van der Waals surface area contributed by atoms with Gasteiger partial charge in [-0.15, -0.1) is 0 Å². The topological polar surface area (TPSA) is 50.7 Å². The Bertz CT molecular complexity index is 769. The third-order valence-electron chi connectivity index (χ3n) is 3.05. The van der Waals surface area contributed by atoms with E-state index >= 15 is 0 Å². The van der Waals surface area contributed by atoms with Gasteiger partial charge in [0.1, 0.15) is 18.2 Å². The summed E-state index contributed by atoms with van der Waals surface area (Å²) in [7, 11) is 0. The van der Waals surface area contributed by atoms with Gasteiger partial charge in [-0.1, -0.05) is 24.8 Å². The molecule has 2 aromatic rings. The Hall–Kier alpha value is -1.99. The summed E-state index contributed by atoms with van der Waals surface area (Å²) < 4.78 is 19.9. The van der Waals surface area contributed by atoms with Crippen molar-refractivity contribution in [2.24, 2.45) is 5.10 Å². The van der Waals surface area contributed by atoms with Crippen LogP contribution in [0.4, 0.5) is 4.39 Å². The number of hydrogen-bond donors (Lipinski definition) is 1. The van der Waals surface area contributed by atoms with Gasteiger partial charge in [-0.3, -0.25) is 4.79 Å². The smallest absolute Gasteiger partial charge is 0.244 e. The van der Waals surface area contributed by atoms with E-state index in [4.69, 9.17) is 4.74 Å². The summed E-state index contributed by atoms with van der Waals surface area (Å²) in [6.07, 6.45) is 3.31. The number of carbonyl (C=O) groups is 1. The fourth-order valence-electron chi connectivity index (χ4n) is 1.94. The Labute approximate surface area is 162 Å². The van der Waals surface area contributed by atoms with Crippen molar-refractivity contribution < 1.29 is 13.9 Å². The predicted molar refractivity (Wildman–Crippen MR) is 103 cm³/mol. The molecule has 0 aliphatic rings. The molecule has 2 rings (SSSR count). The van der Waals surface area contributed by atoms with Crippen LogP contribution in [0.5, 0.6) is 5.75 Å². The van der Waals surface area contributed by atoms with Gasteiger partial charge in [-0.25, -0.2) is 9.82 Å². The first-order chi connectivity index (χ1) is 12.0. The number of ether oxygens (including phenoxy) is 1. The van der Waals surface area contributed by atoms with Crippen molar-refractivity contribution in [1.82, 2.24) is 5.43 Å². The Morgan fingerprint density at radius 2 is 1.88 bits per heavy atom. The summed E-state index contributed by atoms with van der Waals surface area (Å²) in [5.74, 6) is 0.0446. The molecule has 0 aliphatic heterocycles. The van der Waals surface area contributed by atoms with Gasteiger partial charge in [-0.05, 0) is 67.3 Å². The first kappa shape index (κ1) is 19.3. The molecular formula is C18H15Br2FN2O2. The molecule has 0 unspecified atom stereocenters. The van der Waals surface area contributed by atoms with Crippen LogP contribution < -0.4 is 10.2 Å². The van der Waals surface area contributed by atoms with E-state index in [0.29, 0.717) is 17.9 Å². The second-order valence-electron chi connectivity index (χ2n) is 5.01. The van der Waals surface area contributed by atoms with E-state index in [-0.39, 0.29) is 18.1 Å². The van der Waals surface area contributed by atoms with Crippen LogP contribution in [-0.2, 0) is 11.2 Å². The molecular weight excluding hydrogens is 455 g/mol. The number of carbonyl (C=O) groups excluding carboxylic acids is 1. The maximum Gasteiger partial charge on any atom is 0.244 e. The van der Waals surface area contributed by atoms with Gasteiger partial charge in [0.05, 0.1) is 21.6 Å². The Kier molecular flexibility index (Phi) is 7.33. The lowest BCUT2D eigenvalue weighted by atomic mass is 10.1. The highest BCUT2D eigenvalue weighted by Crippen LogP contribution is 2.34. The zero-order chi connectivity index (χ0) is 18.2. The van der Waals surface area contributed by atoms with E-state index in [9.17, 15) is 9.18 Å². The molecule has 0 saturated heterocycles. The highest BCUT2D eigenvalue weighted by molar-refractivity contribution is 9.11. The molecule has 1 amide bonds.